The minimum atomic E-state index is -0.196. The molecule has 3 fully saturated rings. The number of hydrogen-bond donors (Lipinski definition) is 0. The van der Waals surface area contributed by atoms with E-state index in [1.165, 1.54) is 4.90 Å². The number of amides is 2. The molecule has 1 aliphatic heterocycles. The molecule has 1 heterocycles. The van der Waals surface area contributed by atoms with Gasteiger partial charge in [-0.15, -0.1) is 0 Å². The van der Waals surface area contributed by atoms with E-state index in [1.54, 1.807) is 18.2 Å². The van der Waals surface area contributed by atoms with Gasteiger partial charge in [0.25, 0.3) is 0 Å². The van der Waals surface area contributed by atoms with Crippen LogP contribution in [-0.2, 0) is 9.59 Å². The number of rotatable bonds is 1. The maximum atomic E-state index is 12.9. The number of hydrogen-bond acceptors (Lipinski definition) is 2. The van der Waals surface area contributed by atoms with Crippen LogP contribution in [0.15, 0.2) is 30.4 Å². The molecule has 1 aromatic rings. The molecule has 0 N–H and O–H groups in total. The fourth-order valence-corrected chi connectivity index (χ4v) is 5.35. The Morgan fingerprint density at radius 2 is 1.55 bits per heavy atom. The monoisotopic (exact) mass is 333 g/mol. The Balaban J connectivity index is 1.60. The van der Waals surface area contributed by atoms with Crippen LogP contribution in [0, 0.1) is 35.5 Å². The van der Waals surface area contributed by atoms with Gasteiger partial charge in [0, 0.05) is 5.02 Å². The molecule has 5 heteroatoms. The lowest BCUT2D eigenvalue weighted by Gasteiger charge is -2.37. The minimum absolute atomic E-state index is 0.0936. The topological polar surface area (TPSA) is 37.4 Å². The minimum Gasteiger partial charge on any atom is -0.274 e. The predicted molar refractivity (Wildman–Crippen MR) is 83.7 cm³/mol. The number of carbonyl (C=O) groups is 2. The van der Waals surface area contributed by atoms with E-state index in [9.17, 15) is 9.59 Å². The molecular formula is C17H13Cl2NO2. The zero-order valence-electron chi connectivity index (χ0n) is 11.6. The average molecular weight is 334 g/mol. The largest absolute Gasteiger partial charge is 0.274 e. The summed E-state index contributed by atoms with van der Waals surface area (Å²) in [5.74, 6) is 1.09. The van der Waals surface area contributed by atoms with Gasteiger partial charge in [-0.25, -0.2) is 4.90 Å². The predicted octanol–water partition coefficient (Wildman–Crippen LogP) is 3.55. The van der Waals surface area contributed by atoms with E-state index < -0.39 is 0 Å². The zero-order chi connectivity index (χ0) is 15.2. The molecule has 2 bridgehead atoms. The highest BCUT2D eigenvalue weighted by molar-refractivity contribution is 6.38. The van der Waals surface area contributed by atoms with Crippen molar-refractivity contribution in [1.82, 2.24) is 0 Å². The van der Waals surface area contributed by atoms with E-state index in [2.05, 4.69) is 12.2 Å². The average Bonchev–Trinajstić information content (AvgIpc) is 3.26. The lowest BCUT2D eigenvalue weighted by molar-refractivity contribution is -0.124. The van der Waals surface area contributed by atoms with Crippen LogP contribution in [0.5, 0.6) is 0 Å². The van der Waals surface area contributed by atoms with Crippen LogP contribution in [0.2, 0.25) is 10.0 Å². The summed E-state index contributed by atoms with van der Waals surface area (Å²) < 4.78 is 0. The van der Waals surface area contributed by atoms with Crippen LogP contribution in [0.3, 0.4) is 0 Å². The number of anilines is 1. The molecule has 6 rings (SSSR count). The molecule has 2 amide bonds. The third-order valence-corrected chi connectivity index (χ3v) is 6.35. The van der Waals surface area contributed by atoms with Gasteiger partial charge in [0.15, 0.2) is 0 Å². The fourth-order valence-electron chi connectivity index (χ4n) is 4.86. The molecule has 0 radical (unpaired) electrons. The Labute approximate surface area is 137 Å². The highest BCUT2D eigenvalue weighted by atomic mass is 35.5. The highest BCUT2D eigenvalue weighted by Crippen LogP contribution is 2.65. The number of imide groups is 1. The molecule has 0 unspecified atom stereocenters. The van der Waals surface area contributed by atoms with E-state index >= 15 is 0 Å². The third-order valence-electron chi connectivity index (χ3n) is 5.81. The van der Waals surface area contributed by atoms with Crippen LogP contribution in [0.1, 0.15) is 6.42 Å². The summed E-state index contributed by atoms with van der Waals surface area (Å²) in [6.07, 6.45) is 5.49. The Bertz CT molecular complexity index is 723. The Morgan fingerprint density at radius 3 is 2.09 bits per heavy atom. The van der Waals surface area contributed by atoms with Gasteiger partial charge in [0.05, 0.1) is 22.5 Å². The van der Waals surface area contributed by atoms with Crippen molar-refractivity contribution in [2.45, 2.75) is 6.42 Å². The molecular weight excluding hydrogens is 321 g/mol. The Kier molecular flexibility index (Phi) is 2.48. The first-order valence-corrected chi connectivity index (χ1v) is 8.34. The van der Waals surface area contributed by atoms with E-state index in [1.807, 2.05) is 0 Å². The van der Waals surface area contributed by atoms with Gasteiger partial charge in [0.1, 0.15) is 0 Å². The smallest absolute Gasteiger partial charge is 0.238 e. The van der Waals surface area contributed by atoms with Crippen molar-refractivity contribution in [3.8, 4) is 0 Å². The zero-order valence-corrected chi connectivity index (χ0v) is 13.1. The van der Waals surface area contributed by atoms with Crippen molar-refractivity contribution < 1.29 is 9.59 Å². The van der Waals surface area contributed by atoms with Crippen molar-refractivity contribution in [3.05, 3.63) is 40.4 Å². The van der Waals surface area contributed by atoms with E-state index in [-0.39, 0.29) is 35.5 Å². The van der Waals surface area contributed by atoms with Crippen LogP contribution >= 0.6 is 23.2 Å². The Morgan fingerprint density at radius 1 is 0.955 bits per heavy atom. The summed E-state index contributed by atoms with van der Waals surface area (Å²) in [7, 11) is 0. The van der Waals surface area contributed by atoms with Crippen LogP contribution < -0.4 is 4.90 Å². The molecule has 1 aromatic carbocycles. The van der Waals surface area contributed by atoms with Gasteiger partial charge in [-0.05, 0) is 48.3 Å². The molecule has 22 heavy (non-hydrogen) atoms. The highest BCUT2D eigenvalue weighted by Gasteiger charge is 2.67. The second-order valence-electron chi connectivity index (χ2n) is 6.76. The van der Waals surface area contributed by atoms with E-state index in [0.717, 1.165) is 6.42 Å². The third kappa shape index (κ3) is 1.49. The van der Waals surface area contributed by atoms with Crippen molar-refractivity contribution in [2.24, 2.45) is 35.5 Å². The summed E-state index contributed by atoms with van der Waals surface area (Å²) in [6.45, 7) is 0. The second kappa shape index (κ2) is 4.15. The summed E-state index contributed by atoms with van der Waals surface area (Å²) in [6, 6.07) is 4.90. The standard InChI is InChI=1S/C17H13Cl2NO2/c18-7-1-4-13(12(19)5-7)20-16(21)14-8-2-3-9(11-6-10(8)11)15(14)17(20)22/h1-5,8-11,14-15H,6H2/t8-,9-,10-,11+,14+,15-/m1/s1. The number of carbonyl (C=O) groups excluding carboxylic acids is 2. The lowest BCUT2D eigenvalue weighted by atomic mass is 9.63. The number of halogens is 2. The fraction of sp³-hybridized carbons (Fsp3) is 0.412. The van der Waals surface area contributed by atoms with Gasteiger partial charge in [-0.1, -0.05) is 35.4 Å². The van der Waals surface area contributed by atoms with E-state index in [4.69, 9.17) is 23.2 Å². The molecule has 2 saturated carbocycles. The van der Waals surface area contributed by atoms with Gasteiger partial charge < -0.3 is 0 Å². The normalized spacial score (nSPS) is 40.9. The summed E-state index contributed by atoms with van der Waals surface area (Å²) in [4.78, 5) is 27.1. The maximum Gasteiger partial charge on any atom is 0.238 e. The van der Waals surface area contributed by atoms with Crippen LogP contribution in [-0.4, -0.2) is 11.8 Å². The van der Waals surface area contributed by atoms with Crippen LogP contribution in [0.25, 0.3) is 0 Å². The van der Waals surface area contributed by atoms with Crippen molar-refractivity contribution >= 4 is 40.7 Å². The molecule has 5 aliphatic rings. The summed E-state index contributed by atoms with van der Waals surface area (Å²) in [5, 5.41) is 0.839. The number of allylic oxidation sites excluding steroid dienone is 2. The first kappa shape index (κ1) is 13.1. The molecule has 0 spiro atoms. The van der Waals surface area contributed by atoms with Crippen molar-refractivity contribution in [2.75, 3.05) is 4.90 Å². The first-order chi connectivity index (χ1) is 10.6. The first-order valence-electron chi connectivity index (χ1n) is 7.59. The maximum absolute atomic E-state index is 12.9. The quantitative estimate of drug-likeness (QED) is 0.582. The molecule has 4 aliphatic carbocycles. The van der Waals surface area contributed by atoms with E-state index in [0.29, 0.717) is 27.6 Å². The van der Waals surface area contributed by atoms with Gasteiger partial charge >= 0.3 is 0 Å². The van der Waals surface area contributed by atoms with Crippen molar-refractivity contribution in [1.29, 1.82) is 0 Å². The Hall–Kier alpha value is -1.32. The van der Waals surface area contributed by atoms with Gasteiger partial charge in [-0.2, -0.15) is 0 Å². The molecule has 3 nitrogen and oxygen atoms in total. The number of nitrogens with zero attached hydrogens (tertiary/aromatic N) is 1. The molecule has 112 valence electrons. The second-order valence-corrected chi connectivity index (χ2v) is 7.61. The molecule has 1 saturated heterocycles. The van der Waals surface area contributed by atoms with Gasteiger partial charge in [-0.3, -0.25) is 9.59 Å². The SMILES string of the molecule is O=C1[C@@H]2[C@@H]3C=C[C@H]([C@H]4C[C@@H]34)[C@@H]2C(=O)N1c1ccc(Cl)cc1Cl. The summed E-state index contributed by atoms with van der Waals surface area (Å²) >= 11 is 12.1. The van der Waals surface area contributed by atoms with Crippen molar-refractivity contribution in [3.63, 3.8) is 0 Å². The van der Waals surface area contributed by atoms with Gasteiger partial charge in [0.2, 0.25) is 11.8 Å². The lowest BCUT2D eigenvalue weighted by Crippen LogP contribution is -2.40. The summed E-state index contributed by atoms with van der Waals surface area (Å²) in [5.41, 5.74) is 0.462. The molecule has 0 aromatic heterocycles. The van der Waals surface area contributed by atoms with Crippen LogP contribution in [0.4, 0.5) is 5.69 Å². The number of benzene rings is 1. The molecule has 6 atom stereocenters.